The Labute approximate surface area is 190 Å². The zero-order valence-electron chi connectivity index (χ0n) is 17.7. The van der Waals surface area contributed by atoms with E-state index in [0.29, 0.717) is 16.9 Å². The van der Waals surface area contributed by atoms with Gasteiger partial charge in [-0.05, 0) is 36.4 Å². The summed E-state index contributed by atoms with van der Waals surface area (Å²) in [6.07, 6.45) is 0. The van der Waals surface area contributed by atoms with E-state index in [0.717, 1.165) is 16.8 Å². The summed E-state index contributed by atoms with van der Waals surface area (Å²) >= 11 is 0. The third kappa shape index (κ3) is 5.40. The Morgan fingerprint density at radius 1 is 0.667 bits per heavy atom. The van der Waals surface area contributed by atoms with Crippen LogP contribution < -0.4 is 19.9 Å². The number of benzene rings is 4. The molecule has 0 radical (unpaired) electrons. The summed E-state index contributed by atoms with van der Waals surface area (Å²) in [5.74, 6) is -0.464. The SMILES string of the molecule is O=C(O)COc1cccc2c(OCC(=O)NN(c3ccccc3)c3ccccc3)cccc12. The summed E-state index contributed by atoms with van der Waals surface area (Å²) in [6, 6.07) is 29.6. The van der Waals surface area contributed by atoms with Crippen LogP contribution in [0.5, 0.6) is 11.5 Å². The first kappa shape index (κ1) is 21.7. The summed E-state index contributed by atoms with van der Waals surface area (Å²) in [6.45, 7) is -0.656. The molecule has 0 saturated heterocycles. The molecule has 2 N–H and O–H groups in total. The molecule has 7 heteroatoms. The molecule has 7 nitrogen and oxygen atoms in total. The quantitative estimate of drug-likeness (QED) is 0.370. The zero-order chi connectivity index (χ0) is 23.0. The topological polar surface area (TPSA) is 88.1 Å². The number of ether oxygens (including phenoxy) is 2. The van der Waals surface area contributed by atoms with Gasteiger partial charge in [0.05, 0.1) is 11.4 Å². The lowest BCUT2D eigenvalue weighted by molar-refractivity contribution is -0.139. The number of amides is 1. The highest BCUT2D eigenvalue weighted by molar-refractivity contribution is 5.93. The van der Waals surface area contributed by atoms with Crippen LogP contribution in [0.4, 0.5) is 11.4 Å². The molecule has 0 aliphatic carbocycles. The van der Waals surface area contributed by atoms with E-state index in [1.807, 2.05) is 72.8 Å². The molecule has 0 spiro atoms. The van der Waals surface area contributed by atoms with E-state index in [2.05, 4.69) is 5.43 Å². The van der Waals surface area contributed by atoms with E-state index in [-0.39, 0.29) is 12.5 Å². The molecule has 166 valence electrons. The van der Waals surface area contributed by atoms with Crippen molar-refractivity contribution in [3.05, 3.63) is 97.1 Å². The number of nitrogens with zero attached hydrogens (tertiary/aromatic N) is 1. The molecule has 0 saturated carbocycles. The van der Waals surface area contributed by atoms with Gasteiger partial charge in [0, 0.05) is 10.8 Å². The average Bonchev–Trinajstić information content (AvgIpc) is 2.85. The van der Waals surface area contributed by atoms with Gasteiger partial charge in [-0.25, -0.2) is 4.79 Å². The number of hydrazine groups is 1. The van der Waals surface area contributed by atoms with E-state index in [1.54, 1.807) is 29.3 Å². The molecule has 0 aromatic heterocycles. The van der Waals surface area contributed by atoms with Crippen molar-refractivity contribution in [3.8, 4) is 11.5 Å². The summed E-state index contributed by atoms with van der Waals surface area (Å²) in [4.78, 5) is 23.6. The first-order valence-corrected chi connectivity index (χ1v) is 10.3. The molecule has 0 bridgehead atoms. The van der Waals surface area contributed by atoms with Crippen LogP contribution in [0.15, 0.2) is 97.1 Å². The van der Waals surface area contributed by atoms with E-state index in [4.69, 9.17) is 14.6 Å². The smallest absolute Gasteiger partial charge is 0.341 e. The lowest BCUT2D eigenvalue weighted by Crippen LogP contribution is -2.41. The third-order valence-corrected chi connectivity index (χ3v) is 4.82. The Morgan fingerprint density at radius 3 is 1.64 bits per heavy atom. The Balaban J connectivity index is 1.50. The molecule has 0 atom stereocenters. The molecule has 0 aliphatic rings. The number of hydrogen-bond acceptors (Lipinski definition) is 5. The molecule has 0 fully saturated rings. The largest absolute Gasteiger partial charge is 0.483 e. The lowest BCUT2D eigenvalue weighted by Gasteiger charge is -2.25. The zero-order valence-corrected chi connectivity index (χ0v) is 17.7. The molecule has 33 heavy (non-hydrogen) atoms. The molecule has 0 heterocycles. The van der Waals surface area contributed by atoms with Gasteiger partial charge in [-0.3, -0.25) is 15.2 Å². The normalized spacial score (nSPS) is 10.4. The van der Waals surface area contributed by atoms with Gasteiger partial charge >= 0.3 is 5.97 Å². The van der Waals surface area contributed by atoms with Gasteiger partial charge < -0.3 is 14.6 Å². The second-order valence-electron chi connectivity index (χ2n) is 7.12. The van der Waals surface area contributed by atoms with Crippen LogP contribution in [0, 0.1) is 0 Å². The van der Waals surface area contributed by atoms with Crippen molar-refractivity contribution >= 4 is 34.0 Å². The Kier molecular flexibility index (Phi) is 6.70. The van der Waals surface area contributed by atoms with Crippen molar-refractivity contribution in [1.29, 1.82) is 0 Å². The highest BCUT2D eigenvalue weighted by Crippen LogP contribution is 2.32. The number of hydrogen-bond donors (Lipinski definition) is 2. The molecule has 1 amide bonds. The number of aliphatic carboxylic acids is 1. The Morgan fingerprint density at radius 2 is 1.15 bits per heavy atom. The minimum atomic E-state index is -1.06. The molecule has 4 aromatic carbocycles. The number of carboxylic acids is 1. The number of carbonyl (C=O) groups is 2. The number of carbonyl (C=O) groups excluding carboxylic acids is 1. The maximum atomic E-state index is 12.8. The number of para-hydroxylation sites is 2. The minimum Gasteiger partial charge on any atom is -0.483 e. The highest BCUT2D eigenvalue weighted by Gasteiger charge is 2.14. The van der Waals surface area contributed by atoms with Gasteiger partial charge in [-0.15, -0.1) is 0 Å². The average molecular weight is 442 g/mol. The Hall–Kier alpha value is -4.52. The van der Waals surface area contributed by atoms with Crippen molar-refractivity contribution < 1.29 is 24.2 Å². The number of carboxylic acid groups (broad SMARTS) is 1. The van der Waals surface area contributed by atoms with Gasteiger partial charge in [0.2, 0.25) is 0 Å². The second-order valence-corrected chi connectivity index (χ2v) is 7.12. The number of rotatable bonds is 9. The van der Waals surface area contributed by atoms with Gasteiger partial charge in [0.25, 0.3) is 5.91 Å². The number of fused-ring (bicyclic) bond motifs is 1. The van der Waals surface area contributed by atoms with Gasteiger partial charge in [0.15, 0.2) is 13.2 Å². The molecular formula is C26H22N2O5. The minimum absolute atomic E-state index is 0.213. The summed E-state index contributed by atoms with van der Waals surface area (Å²) in [5, 5.41) is 12.0. The fourth-order valence-electron chi connectivity index (χ4n) is 3.38. The maximum absolute atomic E-state index is 12.8. The molecule has 4 aromatic rings. The lowest BCUT2D eigenvalue weighted by atomic mass is 10.1. The van der Waals surface area contributed by atoms with Crippen LogP contribution >= 0.6 is 0 Å². The van der Waals surface area contributed by atoms with Gasteiger partial charge in [-0.2, -0.15) is 0 Å². The predicted octanol–water partition coefficient (Wildman–Crippen LogP) is 4.55. The van der Waals surface area contributed by atoms with Crippen LogP contribution in [0.3, 0.4) is 0 Å². The summed E-state index contributed by atoms with van der Waals surface area (Å²) in [5.41, 5.74) is 4.51. The highest BCUT2D eigenvalue weighted by atomic mass is 16.5. The molecule has 0 aliphatic heterocycles. The van der Waals surface area contributed by atoms with Crippen molar-refractivity contribution in [2.45, 2.75) is 0 Å². The van der Waals surface area contributed by atoms with Crippen LogP contribution in [-0.2, 0) is 9.59 Å². The van der Waals surface area contributed by atoms with Gasteiger partial charge in [0.1, 0.15) is 11.5 Å². The van der Waals surface area contributed by atoms with E-state index in [9.17, 15) is 9.59 Å². The van der Waals surface area contributed by atoms with Crippen LogP contribution in [0.1, 0.15) is 0 Å². The van der Waals surface area contributed by atoms with Crippen molar-refractivity contribution in [1.82, 2.24) is 5.43 Å². The molecular weight excluding hydrogens is 420 g/mol. The fourth-order valence-corrected chi connectivity index (χ4v) is 3.38. The number of nitrogens with one attached hydrogen (secondary N) is 1. The van der Waals surface area contributed by atoms with Crippen molar-refractivity contribution in [2.75, 3.05) is 18.2 Å². The third-order valence-electron chi connectivity index (χ3n) is 4.82. The van der Waals surface area contributed by atoms with E-state index >= 15 is 0 Å². The fraction of sp³-hybridized carbons (Fsp3) is 0.0769. The molecule has 0 unspecified atom stereocenters. The number of anilines is 2. The van der Waals surface area contributed by atoms with Gasteiger partial charge in [-0.1, -0.05) is 60.7 Å². The first-order valence-electron chi connectivity index (χ1n) is 10.3. The first-order chi connectivity index (χ1) is 16.1. The second kappa shape index (κ2) is 10.2. The van der Waals surface area contributed by atoms with Crippen LogP contribution in [0.25, 0.3) is 10.8 Å². The van der Waals surface area contributed by atoms with E-state index < -0.39 is 12.6 Å². The van der Waals surface area contributed by atoms with Crippen molar-refractivity contribution in [3.63, 3.8) is 0 Å². The maximum Gasteiger partial charge on any atom is 0.341 e. The van der Waals surface area contributed by atoms with Crippen LogP contribution in [-0.4, -0.2) is 30.2 Å². The summed E-state index contributed by atoms with van der Waals surface area (Å²) in [7, 11) is 0. The Bertz CT molecular complexity index is 1210. The monoisotopic (exact) mass is 442 g/mol. The standard InChI is InChI=1S/C26H22N2O5/c29-25(27-28(19-9-3-1-4-10-19)20-11-5-2-6-12-20)17-32-23-15-7-14-22-21(23)13-8-16-24(22)33-18-26(30)31/h1-16H,17-18H2,(H,27,29)(H,30,31). The van der Waals surface area contributed by atoms with Crippen molar-refractivity contribution in [2.24, 2.45) is 0 Å². The van der Waals surface area contributed by atoms with E-state index in [1.165, 1.54) is 0 Å². The van der Waals surface area contributed by atoms with Crippen LogP contribution in [0.2, 0.25) is 0 Å². The summed E-state index contributed by atoms with van der Waals surface area (Å²) < 4.78 is 11.2. The molecule has 4 rings (SSSR count). The predicted molar refractivity (Wildman–Crippen MR) is 126 cm³/mol.